The minimum Gasteiger partial charge on any atom is -0.424 e. The summed E-state index contributed by atoms with van der Waals surface area (Å²) in [4.78, 5) is 25.8. The summed E-state index contributed by atoms with van der Waals surface area (Å²) in [6.07, 6.45) is 2.99. The maximum absolute atomic E-state index is 12.7. The summed E-state index contributed by atoms with van der Waals surface area (Å²) in [6.45, 7) is 5.14. The van der Waals surface area contributed by atoms with Crippen molar-refractivity contribution in [3.05, 3.63) is 77.4 Å². The van der Waals surface area contributed by atoms with Crippen LogP contribution in [0.3, 0.4) is 0 Å². The lowest BCUT2D eigenvalue weighted by atomic mass is 9.91. The summed E-state index contributed by atoms with van der Waals surface area (Å²) in [5.41, 5.74) is 2.76. The number of nitrogens with zero attached hydrogens (tertiary/aromatic N) is 4. The second-order valence-electron chi connectivity index (χ2n) is 8.42. The predicted octanol–water partition coefficient (Wildman–Crippen LogP) is 5.95. The fourth-order valence-electron chi connectivity index (χ4n) is 3.78. The fraction of sp³-hybridized carbons (Fsp3) is 0.280. The average molecular weight is 483 g/mol. The topological polar surface area (TPSA) is 80.2 Å². The monoisotopic (exact) mass is 483 g/mol. The van der Waals surface area contributed by atoms with Crippen molar-refractivity contribution in [2.24, 2.45) is 5.92 Å². The number of urea groups is 1. The molecule has 1 atom stereocenters. The van der Waals surface area contributed by atoms with Crippen molar-refractivity contribution in [1.29, 1.82) is 0 Å². The number of hydrogen-bond acceptors (Lipinski definition) is 5. The number of rotatable bonds is 4. The van der Waals surface area contributed by atoms with Crippen LogP contribution in [0.4, 0.5) is 23.7 Å². The van der Waals surface area contributed by atoms with E-state index in [4.69, 9.17) is 4.74 Å². The molecule has 0 aliphatic carbocycles. The van der Waals surface area contributed by atoms with Crippen LogP contribution in [-0.2, 0) is 6.18 Å². The van der Waals surface area contributed by atoms with Crippen LogP contribution >= 0.6 is 0 Å². The quantitative estimate of drug-likeness (QED) is 0.496. The summed E-state index contributed by atoms with van der Waals surface area (Å²) in [7, 11) is 0. The predicted molar refractivity (Wildman–Crippen MR) is 125 cm³/mol. The number of likely N-dealkylation sites (tertiary alicyclic amines) is 1. The molecule has 2 aromatic heterocycles. The number of aryl methyl sites for hydroxylation is 1. The molecule has 7 nitrogen and oxygen atoms in total. The highest BCUT2D eigenvalue weighted by atomic mass is 19.4. The highest BCUT2D eigenvalue weighted by Crippen LogP contribution is 2.30. The van der Waals surface area contributed by atoms with Crippen LogP contribution in [0, 0.1) is 12.8 Å². The molecule has 1 fully saturated rings. The molecule has 182 valence electrons. The average Bonchev–Trinajstić information content (AvgIpc) is 2.80. The zero-order valence-corrected chi connectivity index (χ0v) is 19.2. The zero-order chi connectivity index (χ0) is 25.0. The molecule has 0 saturated carbocycles. The number of aromatic nitrogens is 3. The largest absolute Gasteiger partial charge is 0.424 e. The van der Waals surface area contributed by atoms with Crippen molar-refractivity contribution in [3.8, 4) is 11.8 Å². The Morgan fingerprint density at radius 3 is 2.63 bits per heavy atom. The van der Waals surface area contributed by atoms with E-state index in [1.54, 1.807) is 35.5 Å². The van der Waals surface area contributed by atoms with Gasteiger partial charge in [0.1, 0.15) is 5.75 Å². The van der Waals surface area contributed by atoms with Crippen molar-refractivity contribution in [2.75, 3.05) is 18.4 Å². The lowest BCUT2D eigenvalue weighted by Crippen LogP contribution is -2.42. The van der Waals surface area contributed by atoms with Crippen LogP contribution < -0.4 is 10.1 Å². The van der Waals surface area contributed by atoms with Gasteiger partial charge in [-0.05, 0) is 48.6 Å². The van der Waals surface area contributed by atoms with E-state index in [0.717, 1.165) is 11.1 Å². The van der Waals surface area contributed by atoms with Gasteiger partial charge in [-0.2, -0.15) is 13.2 Å². The fourth-order valence-corrected chi connectivity index (χ4v) is 3.78. The second kappa shape index (κ2) is 10.1. The Labute approximate surface area is 200 Å². The van der Waals surface area contributed by atoms with Crippen molar-refractivity contribution < 1.29 is 22.7 Å². The highest BCUT2D eigenvalue weighted by Gasteiger charge is 2.31. The van der Waals surface area contributed by atoms with Gasteiger partial charge in [0.15, 0.2) is 0 Å². The molecule has 1 unspecified atom stereocenters. The van der Waals surface area contributed by atoms with E-state index in [-0.39, 0.29) is 18.0 Å². The number of halogens is 3. The number of alkyl halides is 3. The maximum atomic E-state index is 12.7. The van der Waals surface area contributed by atoms with E-state index in [9.17, 15) is 18.0 Å². The molecule has 10 heteroatoms. The Hall–Kier alpha value is -3.95. The lowest BCUT2D eigenvalue weighted by Gasteiger charge is -2.33. The molecule has 0 bridgehead atoms. The summed E-state index contributed by atoms with van der Waals surface area (Å²) in [5.74, 6) is 0.559. The third-order valence-electron chi connectivity index (χ3n) is 5.59. The first kappa shape index (κ1) is 24.2. The molecule has 0 radical (unpaired) electrons. The first-order chi connectivity index (χ1) is 16.7. The van der Waals surface area contributed by atoms with E-state index in [1.165, 1.54) is 5.57 Å². The van der Waals surface area contributed by atoms with Gasteiger partial charge in [-0.15, -0.1) is 0 Å². The third kappa shape index (κ3) is 6.34. The Kier molecular flexibility index (Phi) is 6.99. The van der Waals surface area contributed by atoms with E-state index < -0.39 is 11.7 Å². The lowest BCUT2D eigenvalue weighted by molar-refractivity contribution is -0.138. The van der Waals surface area contributed by atoms with Crippen LogP contribution in [0.1, 0.15) is 30.0 Å². The van der Waals surface area contributed by atoms with E-state index in [0.29, 0.717) is 43.3 Å². The normalized spacial score (nSPS) is 17.3. The molecule has 35 heavy (non-hydrogen) atoms. The molecule has 1 aromatic carbocycles. The van der Waals surface area contributed by atoms with Crippen LogP contribution in [0.2, 0.25) is 0 Å². The SMILES string of the molecule is Cc1cncc(NC(=O)N2CCC(=Cc3cccc(Oc4ncc(C(F)(F)F)cn4)c3)C(C)C2)c1. The first-order valence-electron chi connectivity index (χ1n) is 11.0. The number of hydrogen-bond donors (Lipinski definition) is 1. The van der Waals surface area contributed by atoms with Gasteiger partial charge < -0.3 is 15.0 Å². The molecule has 0 spiro atoms. The molecule has 4 rings (SSSR count). The minimum absolute atomic E-state index is 0.146. The number of amides is 2. The summed E-state index contributed by atoms with van der Waals surface area (Å²) in [5, 5.41) is 2.89. The number of nitrogens with one attached hydrogen (secondary N) is 1. The van der Waals surface area contributed by atoms with E-state index in [2.05, 4.69) is 27.2 Å². The summed E-state index contributed by atoms with van der Waals surface area (Å²) in [6, 6.07) is 8.69. The molecule has 1 aliphatic heterocycles. The summed E-state index contributed by atoms with van der Waals surface area (Å²) >= 11 is 0. The van der Waals surface area contributed by atoms with Gasteiger partial charge >= 0.3 is 18.2 Å². The number of anilines is 1. The molecule has 1 saturated heterocycles. The maximum Gasteiger partial charge on any atom is 0.419 e. The number of carbonyl (C=O) groups is 1. The van der Waals surface area contributed by atoms with Gasteiger partial charge in [0, 0.05) is 31.7 Å². The van der Waals surface area contributed by atoms with Crippen molar-refractivity contribution >= 4 is 17.8 Å². The van der Waals surface area contributed by atoms with Gasteiger partial charge in [-0.1, -0.05) is 30.7 Å². The van der Waals surface area contributed by atoms with Crippen LogP contribution in [0.25, 0.3) is 6.08 Å². The van der Waals surface area contributed by atoms with Gasteiger partial charge in [0.25, 0.3) is 0 Å². The van der Waals surface area contributed by atoms with Gasteiger partial charge in [-0.3, -0.25) is 4.98 Å². The Morgan fingerprint density at radius 2 is 1.94 bits per heavy atom. The van der Waals surface area contributed by atoms with E-state index in [1.807, 2.05) is 25.1 Å². The second-order valence-corrected chi connectivity index (χ2v) is 8.42. The minimum atomic E-state index is -4.50. The van der Waals surface area contributed by atoms with Gasteiger partial charge in [0.05, 0.1) is 17.4 Å². The van der Waals surface area contributed by atoms with E-state index >= 15 is 0 Å². The van der Waals surface area contributed by atoms with Crippen molar-refractivity contribution in [2.45, 2.75) is 26.4 Å². The van der Waals surface area contributed by atoms with Crippen LogP contribution in [0.5, 0.6) is 11.8 Å². The molecule has 1 aliphatic rings. The first-order valence-corrected chi connectivity index (χ1v) is 11.0. The number of benzene rings is 1. The number of pyridine rings is 1. The van der Waals surface area contributed by atoms with Gasteiger partial charge in [-0.25, -0.2) is 14.8 Å². The number of ether oxygens (including phenoxy) is 1. The molecule has 3 heterocycles. The zero-order valence-electron chi connectivity index (χ0n) is 19.2. The Balaban J connectivity index is 1.38. The van der Waals surface area contributed by atoms with Crippen LogP contribution in [0.15, 0.2) is 60.7 Å². The Morgan fingerprint density at radius 1 is 1.17 bits per heavy atom. The number of carbonyl (C=O) groups excluding carboxylic acids is 1. The van der Waals surface area contributed by atoms with Crippen molar-refractivity contribution in [1.82, 2.24) is 19.9 Å². The summed E-state index contributed by atoms with van der Waals surface area (Å²) < 4.78 is 43.6. The Bertz CT molecular complexity index is 1230. The molecular formula is C25H24F3N5O2. The van der Waals surface area contributed by atoms with Crippen LogP contribution in [-0.4, -0.2) is 39.0 Å². The molecule has 1 N–H and O–H groups in total. The van der Waals surface area contributed by atoms with Crippen molar-refractivity contribution in [3.63, 3.8) is 0 Å². The molecule has 2 amide bonds. The third-order valence-corrected chi connectivity index (χ3v) is 5.59. The molecular weight excluding hydrogens is 459 g/mol. The standard InChI is InChI=1S/C25H24F3N5O2/c1-16-8-21(14-29-11-16)32-24(34)33-7-6-19(17(2)15-33)9-18-4-3-5-22(10-18)35-23-30-12-20(13-31-23)25(26,27)28/h3-5,8-14,17H,6-7,15H2,1-2H3,(H,32,34). The highest BCUT2D eigenvalue weighted by molar-refractivity contribution is 5.89. The van der Waals surface area contributed by atoms with Gasteiger partial charge in [0.2, 0.25) is 0 Å². The smallest absolute Gasteiger partial charge is 0.419 e. The molecule has 3 aromatic rings. The number of piperidine rings is 1.